The second kappa shape index (κ2) is 26.4. The van der Waals surface area contributed by atoms with Gasteiger partial charge in [-0.15, -0.1) is 0 Å². The third-order valence-electron chi connectivity index (χ3n) is 15.0. The molecule has 1 aliphatic heterocycles. The molecule has 1 aliphatic rings. The Bertz CT molecular complexity index is 2500. The van der Waals surface area contributed by atoms with E-state index >= 15 is 28.8 Å². The smallest absolute Gasteiger partial charge is 0.242 e. The van der Waals surface area contributed by atoms with E-state index in [-0.39, 0.29) is 94.0 Å². The van der Waals surface area contributed by atoms with Crippen molar-refractivity contribution in [2.45, 2.75) is 97.1 Å². The lowest BCUT2D eigenvalue weighted by molar-refractivity contribution is -0.146. The Morgan fingerprint density at radius 3 is 0.573 bits per heavy atom. The van der Waals surface area contributed by atoms with Gasteiger partial charge in [-0.05, 0) is 74.9 Å². The molecule has 12 heteroatoms. The van der Waals surface area contributed by atoms with Crippen LogP contribution in [-0.4, -0.2) is 104 Å². The molecule has 0 N–H and O–H groups in total. The van der Waals surface area contributed by atoms with E-state index in [9.17, 15) is 0 Å². The fraction of sp³-hybridized carbons (Fsp3) is 0.333. The summed E-state index contributed by atoms with van der Waals surface area (Å²) in [7, 11) is 0. The first-order chi connectivity index (χ1) is 36.2. The lowest BCUT2D eigenvalue weighted by Crippen LogP contribution is -2.48. The van der Waals surface area contributed by atoms with Gasteiger partial charge in [0.1, 0.15) is 19.6 Å². The number of amides is 6. The van der Waals surface area contributed by atoms with Crippen LogP contribution in [0.25, 0.3) is 0 Å². The van der Waals surface area contributed by atoms with Crippen molar-refractivity contribution in [2.24, 2.45) is 0 Å². The molecule has 6 aromatic carbocycles. The minimum atomic E-state index is -0.551. The quantitative estimate of drug-likeness (QED) is 0.120. The standard InChI is InChI=1S/C63H72N6O6/c1-46(52-25-13-7-14-26-52)64-40-37-58(70)68(50(5)56-33-21-11-22-34-56)44-62(74)66(48(3)54-29-17-9-18-30-54)42-39-60(72)69(51(6)57-35-23-12-24-36-57)45-63(75)65(47(2)53-27-15-8-16-28-53)41-38-59(71)67(43-61(64)73)49(4)55-31-19-10-20-32-55/h7-36,46-51H,37-45H2,1-6H3/t46-,47-,48-,49-,50-,51-/m0/s1. The summed E-state index contributed by atoms with van der Waals surface area (Å²) in [5.41, 5.74) is 5.01. The number of hydrogen-bond donors (Lipinski definition) is 0. The highest BCUT2D eigenvalue weighted by Gasteiger charge is 2.35. The highest BCUT2D eigenvalue weighted by Crippen LogP contribution is 2.30. The van der Waals surface area contributed by atoms with Crippen LogP contribution >= 0.6 is 0 Å². The maximum atomic E-state index is 15.2. The summed E-state index contributed by atoms with van der Waals surface area (Å²) < 4.78 is 0. The van der Waals surface area contributed by atoms with Crippen LogP contribution in [0.15, 0.2) is 182 Å². The summed E-state index contributed by atoms with van der Waals surface area (Å²) in [6.07, 6.45) is -0.366. The van der Waals surface area contributed by atoms with Crippen molar-refractivity contribution in [3.63, 3.8) is 0 Å². The van der Waals surface area contributed by atoms with Crippen LogP contribution < -0.4 is 0 Å². The first-order valence-corrected chi connectivity index (χ1v) is 26.3. The van der Waals surface area contributed by atoms with Gasteiger partial charge < -0.3 is 29.4 Å². The predicted octanol–water partition coefficient (Wildman–Crippen LogP) is 10.7. The molecule has 0 saturated carbocycles. The van der Waals surface area contributed by atoms with Crippen molar-refractivity contribution in [3.05, 3.63) is 215 Å². The summed E-state index contributed by atoms with van der Waals surface area (Å²) >= 11 is 0. The van der Waals surface area contributed by atoms with Gasteiger partial charge >= 0.3 is 0 Å². The zero-order valence-electron chi connectivity index (χ0n) is 44.3. The molecule has 0 radical (unpaired) electrons. The number of carbonyl (C=O) groups is 6. The minimum absolute atomic E-state index is 0.00733. The average Bonchev–Trinajstić information content (AvgIpc) is 3.45. The molecule has 0 spiro atoms. The Morgan fingerprint density at radius 1 is 0.240 bits per heavy atom. The zero-order chi connectivity index (χ0) is 53.4. The lowest BCUT2D eigenvalue weighted by atomic mass is 10.0. The normalized spacial score (nSPS) is 18.0. The Morgan fingerprint density at radius 2 is 0.400 bits per heavy atom. The Labute approximate surface area is 443 Å². The fourth-order valence-corrected chi connectivity index (χ4v) is 10.2. The van der Waals surface area contributed by atoms with E-state index in [4.69, 9.17) is 0 Å². The van der Waals surface area contributed by atoms with Gasteiger partial charge in [-0.1, -0.05) is 182 Å². The van der Waals surface area contributed by atoms with Crippen molar-refractivity contribution in [1.29, 1.82) is 0 Å². The first-order valence-electron chi connectivity index (χ1n) is 26.3. The second-order valence-corrected chi connectivity index (χ2v) is 19.6. The van der Waals surface area contributed by atoms with E-state index in [0.29, 0.717) is 0 Å². The van der Waals surface area contributed by atoms with Gasteiger partial charge in [0.05, 0.1) is 36.3 Å². The van der Waals surface area contributed by atoms with Crippen molar-refractivity contribution < 1.29 is 28.8 Å². The molecule has 7 rings (SSSR count). The van der Waals surface area contributed by atoms with Crippen molar-refractivity contribution in [1.82, 2.24) is 29.4 Å². The van der Waals surface area contributed by atoms with Crippen LogP contribution in [0, 0.1) is 0 Å². The van der Waals surface area contributed by atoms with Crippen LogP contribution in [0.1, 0.15) is 130 Å². The van der Waals surface area contributed by atoms with Crippen LogP contribution in [0.5, 0.6) is 0 Å². The molecule has 0 unspecified atom stereocenters. The van der Waals surface area contributed by atoms with Crippen LogP contribution in [0.3, 0.4) is 0 Å². The third-order valence-corrected chi connectivity index (χ3v) is 15.0. The summed E-state index contributed by atoms with van der Waals surface area (Å²) in [6, 6.07) is 54.1. The van der Waals surface area contributed by atoms with Gasteiger partial charge in [-0.3, -0.25) is 28.8 Å². The van der Waals surface area contributed by atoms with E-state index < -0.39 is 36.3 Å². The molecule has 6 amide bonds. The van der Waals surface area contributed by atoms with Crippen LogP contribution in [0.2, 0.25) is 0 Å². The first kappa shape index (κ1) is 54.9. The summed E-state index contributed by atoms with van der Waals surface area (Å²) in [5.74, 6) is -2.11. The molecule has 390 valence electrons. The third kappa shape index (κ3) is 14.1. The number of benzene rings is 6. The van der Waals surface area contributed by atoms with Gasteiger partial charge in [0, 0.05) is 38.9 Å². The minimum Gasteiger partial charge on any atom is -0.334 e. The molecular weight excluding hydrogens is 937 g/mol. The Balaban J connectivity index is 1.35. The lowest BCUT2D eigenvalue weighted by Gasteiger charge is -2.37. The molecule has 6 atom stereocenters. The number of carbonyl (C=O) groups excluding carboxylic acids is 6. The predicted molar refractivity (Wildman–Crippen MR) is 293 cm³/mol. The maximum absolute atomic E-state index is 15.2. The van der Waals surface area contributed by atoms with Crippen LogP contribution in [0.4, 0.5) is 0 Å². The molecule has 1 fully saturated rings. The van der Waals surface area contributed by atoms with Gasteiger partial charge in [0.25, 0.3) is 0 Å². The van der Waals surface area contributed by atoms with E-state index in [0.717, 1.165) is 33.4 Å². The van der Waals surface area contributed by atoms with E-state index in [1.807, 2.05) is 224 Å². The molecule has 1 heterocycles. The van der Waals surface area contributed by atoms with Gasteiger partial charge in [0.2, 0.25) is 35.4 Å². The number of nitrogens with zero attached hydrogens (tertiary/aromatic N) is 6. The molecule has 12 nitrogen and oxygen atoms in total. The molecule has 0 aromatic heterocycles. The largest absolute Gasteiger partial charge is 0.334 e. The average molecular weight is 1010 g/mol. The van der Waals surface area contributed by atoms with Gasteiger partial charge in [0.15, 0.2) is 0 Å². The molecular formula is C63H72N6O6. The summed E-state index contributed by atoms with van der Waals surface area (Å²) in [5, 5.41) is 0. The van der Waals surface area contributed by atoms with Gasteiger partial charge in [-0.2, -0.15) is 0 Å². The summed E-state index contributed by atoms with van der Waals surface area (Å²) in [6.45, 7) is 10.5. The SMILES string of the molecule is C[C@@H](c1ccccc1)N1CCC(=O)N([C@@H](C)c2ccccc2)CC(=O)N([C@@H](C)c2ccccc2)CCC(=O)N([C@@H](C)c2ccccc2)CC(=O)N([C@@H](C)c2ccccc2)CCC(=O)N([C@@H](C)c2ccccc2)CC1=O. The van der Waals surface area contributed by atoms with Crippen molar-refractivity contribution >= 4 is 35.4 Å². The highest BCUT2D eigenvalue weighted by atomic mass is 16.2. The zero-order valence-corrected chi connectivity index (χ0v) is 44.3. The van der Waals surface area contributed by atoms with E-state index in [1.165, 1.54) is 0 Å². The molecule has 0 bridgehead atoms. The fourth-order valence-electron chi connectivity index (χ4n) is 10.2. The number of hydrogen-bond acceptors (Lipinski definition) is 6. The van der Waals surface area contributed by atoms with Crippen LogP contribution in [-0.2, 0) is 28.8 Å². The maximum Gasteiger partial charge on any atom is 0.242 e. The number of rotatable bonds is 12. The Hall–Kier alpha value is -7.86. The van der Waals surface area contributed by atoms with E-state index in [1.54, 1.807) is 29.4 Å². The molecule has 1 saturated heterocycles. The van der Waals surface area contributed by atoms with Gasteiger partial charge in [-0.25, -0.2) is 0 Å². The molecule has 6 aromatic rings. The monoisotopic (exact) mass is 1010 g/mol. The highest BCUT2D eigenvalue weighted by molar-refractivity contribution is 5.89. The second-order valence-electron chi connectivity index (χ2n) is 19.6. The molecule has 0 aliphatic carbocycles. The van der Waals surface area contributed by atoms with Crippen molar-refractivity contribution in [2.75, 3.05) is 39.3 Å². The molecule has 75 heavy (non-hydrogen) atoms. The van der Waals surface area contributed by atoms with E-state index in [2.05, 4.69) is 0 Å². The van der Waals surface area contributed by atoms with Crippen molar-refractivity contribution in [3.8, 4) is 0 Å². The topological polar surface area (TPSA) is 122 Å². The summed E-state index contributed by atoms with van der Waals surface area (Å²) in [4.78, 5) is 100. The Kier molecular flexibility index (Phi) is 19.3.